The number of nitrogens with zero attached hydrogens (tertiary/aromatic N) is 1. The topological polar surface area (TPSA) is 125 Å². The summed E-state index contributed by atoms with van der Waals surface area (Å²) in [4.78, 5) is 28.2. The van der Waals surface area contributed by atoms with Gasteiger partial charge < -0.3 is 24.9 Å². The van der Waals surface area contributed by atoms with Crippen molar-refractivity contribution in [3.05, 3.63) is 71.9 Å². The summed E-state index contributed by atoms with van der Waals surface area (Å²) in [7, 11) is 0. The molecule has 0 unspecified atom stereocenters. The maximum atomic E-state index is 12.9. The van der Waals surface area contributed by atoms with E-state index >= 15 is 0 Å². The molecular weight excluding hydrogens is 448 g/mol. The van der Waals surface area contributed by atoms with Gasteiger partial charge in [-0.05, 0) is 49.6 Å². The molecule has 35 heavy (non-hydrogen) atoms. The summed E-state index contributed by atoms with van der Waals surface area (Å²) < 4.78 is 10.5. The molecule has 9 heteroatoms. The maximum absolute atomic E-state index is 12.9. The van der Waals surface area contributed by atoms with Gasteiger partial charge in [0.05, 0.1) is 19.4 Å². The van der Waals surface area contributed by atoms with Crippen LogP contribution in [0, 0.1) is 0 Å². The number of benzene rings is 2. The fourth-order valence-electron chi connectivity index (χ4n) is 3.63. The summed E-state index contributed by atoms with van der Waals surface area (Å²) in [5, 5.41) is 18.0. The van der Waals surface area contributed by atoms with Crippen molar-refractivity contribution in [1.29, 1.82) is 0 Å². The Morgan fingerprint density at radius 2 is 2.00 bits per heavy atom. The van der Waals surface area contributed by atoms with Gasteiger partial charge in [-0.15, -0.1) is 6.58 Å². The van der Waals surface area contributed by atoms with Crippen LogP contribution in [0.3, 0.4) is 0 Å². The van der Waals surface area contributed by atoms with Gasteiger partial charge in [-0.2, -0.15) is 5.10 Å². The monoisotopic (exact) mass is 478 g/mol. The molecule has 0 bridgehead atoms. The number of hydrogen-bond acceptors (Lipinski definition) is 6. The number of allylic oxidation sites excluding steroid dienone is 1. The van der Waals surface area contributed by atoms with Crippen molar-refractivity contribution in [3.63, 3.8) is 0 Å². The number of carbonyl (C=O) groups excluding carboxylic acids is 2. The molecule has 0 saturated heterocycles. The molecule has 1 heterocycles. The maximum Gasteiger partial charge on any atom is 0.407 e. The first kappa shape index (κ1) is 25.4. The number of carbonyl (C=O) groups is 2. The van der Waals surface area contributed by atoms with E-state index in [-0.39, 0.29) is 18.8 Å². The van der Waals surface area contributed by atoms with Gasteiger partial charge >= 0.3 is 6.09 Å². The van der Waals surface area contributed by atoms with Crippen molar-refractivity contribution in [2.24, 2.45) is 5.10 Å². The van der Waals surface area contributed by atoms with E-state index in [2.05, 4.69) is 27.4 Å². The quantitative estimate of drug-likeness (QED) is 0.189. The van der Waals surface area contributed by atoms with Crippen molar-refractivity contribution in [2.75, 3.05) is 13.2 Å². The average Bonchev–Trinajstić information content (AvgIpc) is 3.24. The number of hydrogen-bond donors (Lipinski definition) is 4. The average molecular weight is 479 g/mol. The molecule has 0 aliphatic rings. The third-order valence-electron chi connectivity index (χ3n) is 5.21. The van der Waals surface area contributed by atoms with Crippen molar-refractivity contribution < 1.29 is 24.2 Å². The molecule has 0 radical (unpaired) electrons. The normalized spacial score (nSPS) is 11.8. The number of para-hydroxylation sites is 1. The van der Waals surface area contributed by atoms with Crippen LogP contribution in [-0.2, 0) is 22.4 Å². The Balaban J connectivity index is 1.78. The largest absolute Gasteiger partial charge is 0.504 e. The lowest BCUT2D eigenvalue weighted by molar-refractivity contribution is -0.123. The van der Waals surface area contributed by atoms with E-state index in [0.29, 0.717) is 29.9 Å². The van der Waals surface area contributed by atoms with Gasteiger partial charge in [0.2, 0.25) is 0 Å². The molecule has 4 N–H and O–H groups in total. The zero-order chi connectivity index (χ0) is 25.2. The first-order valence-electron chi connectivity index (χ1n) is 11.4. The number of hydrazone groups is 1. The highest BCUT2D eigenvalue weighted by atomic mass is 16.5. The van der Waals surface area contributed by atoms with Crippen LogP contribution in [0.5, 0.6) is 11.5 Å². The first-order chi connectivity index (χ1) is 17.0. The fourth-order valence-corrected chi connectivity index (χ4v) is 3.63. The number of ether oxygens (including phenoxy) is 2. The number of aromatic hydroxyl groups is 1. The third kappa shape index (κ3) is 6.63. The Labute approximate surface area is 203 Å². The lowest BCUT2D eigenvalue weighted by atomic mass is 10.0. The summed E-state index contributed by atoms with van der Waals surface area (Å²) in [5.74, 6) is -0.138. The first-order valence-corrected chi connectivity index (χ1v) is 11.4. The molecule has 2 aromatic carbocycles. The second-order valence-electron chi connectivity index (χ2n) is 7.67. The number of nitrogens with one attached hydrogen (secondary N) is 3. The zero-order valence-corrected chi connectivity index (χ0v) is 19.8. The van der Waals surface area contributed by atoms with E-state index in [9.17, 15) is 14.7 Å². The molecule has 3 aromatic rings. The molecule has 0 saturated carbocycles. The number of aromatic amines is 1. The molecule has 184 valence electrons. The van der Waals surface area contributed by atoms with Gasteiger partial charge in [-0.3, -0.25) is 4.79 Å². The number of fused-ring (bicyclic) bond motifs is 1. The molecule has 1 atom stereocenters. The number of H-pyrrole nitrogens is 1. The van der Waals surface area contributed by atoms with Crippen molar-refractivity contribution in [1.82, 2.24) is 15.7 Å². The minimum Gasteiger partial charge on any atom is -0.504 e. The molecule has 0 fully saturated rings. The third-order valence-corrected chi connectivity index (χ3v) is 5.21. The van der Waals surface area contributed by atoms with Gasteiger partial charge in [0.25, 0.3) is 5.91 Å². The number of rotatable bonds is 11. The van der Waals surface area contributed by atoms with Gasteiger partial charge in [-0.1, -0.05) is 24.3 Å². The summed E-state index contributed by atoms with van der Waals surface area (Å²) in [6.45, 7) is 7.77. The van der Waals surface area contributed by atoms with E-state index in [1.54, 1.807) is 25.1 Å². The molecule has 9 nitrogen and oxygen atoms in total. The Bertz CT molecular complexity index is 1220. The Morgan fingerprint density at radius 1 is 1.20 bits per heavy atom. The summed E-state index contributed by atoms with van der Waals surface area (Å²) in [6.07, 6.45) is 4.92. The lowest BCUT2D eigenvalue weighted by Crippen LogP contribution is -2.47. The summed E-state index contributed by atoms with van der Waals surface area (Å²) in [5.41, 5.74) is 5.53. The highest BCUT2D eigenvalue weighted by Gasteiger charge is 2.23. The molecule has 1 aromatic heterocycles. The summed E-state index contributed by atoms with van der Waals surface area (Å²) >= 11 is 0. The van der Waals surface area contributed by atoms with Crippen LogP contribution in [0.25, 0.3) is 10.9 Å². The van der Waals surface area contributed by atoms with Gasteiger partial charge in [0.1, 0.15) is 6.04 Å². The number of alkyl carbamates (subject to hydrolysis) is 1. The molecule has 0 spiro atoms. The van der Waals surface area contributed by atoms with Crippen LogP contribution in [0.4, 0.5) is 4.79 Å². The van der Waals surface area contributed by atoms with E-state index < -0.39 is 18.0 Å². The van der Waals surface area contributed by atoms with Gasteiger partial charge in [0.15, 0.2) is 11.5 Å². The molecule has 0 aliphatic carbocycles. The molecular formula is C26H30N4O5. The predicted molar refractivity (Wildman–Crippen MR) is 135 cm³/mol. The Kier molecular flexibility index (Phi) is 8.89. The van der Waals surface area contributed by atoms with E-state index in [1.807, 2.05) is 37.4 Å². The van der Waals surface area contributed by atoms with Crippen LogP contribution in [0.2, 0.25) is 0 Å². The number of amides is 2. The van der Waals surface area contributed by atoms with E-state index in [4.69, 9.17) is 9.47 Å². The standard InChI is InChI=1S/C26H30N4O5/c1-4-9-18-12-17(13-23(24(18)31)34-5-2)15-28-30-25(32)22(29-26(33)35-6-3)14-19-16-27-21-11-8-7-10-20(19)21/h4,7-8,10-13,15-16,22,27,31H,1,5-6,9,14H2,2-3H3,(H,29,33)(H,30,32)/b28-15-/t22-/m1/s1. The van der Waals surface area contributed by atoms with E-state index in [1.165, 1.54) is 6.21 Å². The Morgan fingerprint density at radius 3 is 2.74 bits per heavy atom. The van der Waals surface area contributed by atoms with Gasteiger partial charge in [-0.25, -0.2) is 10.2 Å². The highest BCUT2D eigenvalue weighted by Crippen LogP contribution is 2.32. The molecule has 0 aliphatic heterocycles. The minimum absolute atomic E-state index is 0.0466. The second-order valence-corrected chi connectivity index (χ2v) is 7.67. The number of aromatic nitrogens is 1. The van der Waals surface area contributed by atoms with Crippen molar-refractivity contribution >= 4 is 29.1 Å². The predicted octanol–water partition coefficient (Wildman–Crippen LogP) is 3.81. The van der Waals surface area contributed by atoms with Crippen molar-refractivity contribution in [3.8, 4) is 11.5 Å². The lowest BCUT2D eigenvalue weighted by Gasteiger charge is -2.16. The van der Waals surface area contributed by atoms with Crippen LogP contribution in [0.1, 0.15) is 30.5 Å². The van der Waals surface area contributed by atoms with Crippen LogP contribution < -0.4 is 15.5 Å². The second kappa shape index (κ2) is 12.3. The molecule has 3 rings (SSSR count). The number of phenols is 1. The minimum atomic E-state index is -0.916. The fraction of sp³-hybridized carbons (Fsp3) is 0.269. The van der Waals surface area contributed by atoms with Gasteiger partial charge in [0, 0.05) is 29.1 Å². The van der Waals surface area contributed by atoms with Crippen LogP contribution in [-0.4, -0.2) is 47.6 Å². The van der Waals surface area contributed by atoms with E-state index in [0.717, 1.165) is 16.5 Å². The van der Waals surface area contributed by atoms with Crippen LogP contribution in [0.15, 0.2) is 60.4 Å². The molecule has 2 amide bonds. The van der Waals surface area contributed by atoms with Crippen LogP contribution >= 0.6 is 0 Å². The highest BCUT2D eigenvalue weighted by molar-refractivity contribution is 5.89. The van der Waals surface area contributed by atoms with Crippen molar-refractivity contribution in [2.45, 2.75) is 32.7 Å². The Hall–Kier alpha value is -4.27. The smallest absolute Gasteiger partial charge is 0.407 e. The SMILES string of the molecule is C=CCc1cc(/C=N\NC(=O)[C@@H](Cc2c[nH]c3ccccc23)NC(=O)OCC)cc(OCC)c1O. The zero-order valence-electron chi connectivity index (χ0n) is 19.8. The summed E-state index contributed by atoms with van der Waals surface area (Å²) in [6, 6.07) is 10.1. The number of phenolic OH excluding ortho intramolecular Hbond substituents is 1.